The summed E-state index contributed by atoms with van der Waals surface area (Å²) in [6.07, 6.45) is 16.7. The van der Waals surface area contributed by atoms with E-state index in [9.17, 15) is 19.4 Å². The van der Waals surface area contributed by atoms with Crippen molar-refractivity contribution in [3.8, 4) is 0 Å². The summed E-state index contributed by atoms with van der Waals surface area (Å²) in [5.74, 6) is 2.59. The third kappa shape index (κ3) is 6.48. The maximum absolute atomic E-state index is 13.9. The number of allylic oxidation sites excluding steroid dienone is 5. The fourth-order valence-electron chi connectivity index (χ4n) is 12.4. The molecule has 0 aromatic heterocycles. The summed E-state index contributed by atoms with van der Waals surface area (Å²) in [7, 11) is 0. The zero-order valence-electron chi connectivity index (χ0n) is 31.4. The Hall–Kier alpha value is -1.46. The van der Waals surface area contributed by atoms with E-state index in [0.29, 0.717) is 54.9 Å². The van der Waals surface area contributed by atoms with Crippen molar-refractivity contribution in [2.24, 2.45) is 57.2 Å². The molecule has 47 heavy (non-hydrogen) atoms. The Balaban J connectivity index is 1.42. The van der Waals surface area contributed by atoms with Crippen LogP contribution in [0.25, 0.3) is 0 Å². The molecule has 5 aliphatic rings. The summed E-state index contributed by atoms with van der Waals surface area (Å²) >= 11 is 0. The Morgan fingerprint density at radius 1 is 1.02 bits per heavy atom. The number of aliphatic carboxylic acids is 1. The van der Waals surface area contributed by atoms with E-state index in [1.807, 2.05) is 13.8 Å². The maximum Gasteiger partial charge on any atom is 0.312 e. The van der Waals surface area contributed by atoms with Crippen molar-refractivity contribution in [2.75, 3.05) is 13.2 Å². The predicted octanol–water partition coefficient (Wildman–Crippen LogP) is 10.1. The van der Waals surface area contributed by atoms with Gasteiger partial charge in [-0.1, -0.05) is 65.8 Å². The van der Waals surface area contributed by atoms with Crippen molar-refractivity contribution in [1.29, 1.82) is 0 Å². The van der Waals surface area contributed by atoms with Crippen LogP contribution in [0.1, 0.15) is 139 Å². The molecular formula is C42H68FNO3. The largest absolute Gasteiger partial charge is 0.481 e. The second-order valence-electron chi connectivity index (χ2n) is 19.4. The molecule has 0 radical (unpaired) electrons. The lowest BCUT2D eigenvalue weighted by Crippen LogP contribution is -2.58. The van der Waals surface area contributed by atoms with Gasteiger partial charge in [0.25, 0.3) is 0 Å². The Morgan fingerprint density at radius 3 is 2.28 bits per heavy atom. The molecule has 266 valence electrons. The van der Waals surface area contributed by atoms with Crippen LogP contribution >= 0.6 is 0 Å². The second-order valence-corrected chi connectivity index (χ2v) is 19.4. The number of carboxylic acid groups (broad SMARTS) is 1. The fourth-order valence-corrected chi connectivity index (χ4v) is 12.4. The summed E-state index contributed by atoms with van der Waals surface area (Å²) in [5.41, 5.74) is 2.54. The number of alkyl halides is 1. The van der Waals surface area contributed by atoms with Crippen molar-refractivity contribution in [3.63, 3.8) is 0 Å². The Bertz CT molecular complexity index is 1270. The summed E-state index contributed by atoms with van der Waals surface area (Å²) in [6.45, 7) is 25.5. The van der Waals surface area contributed by atoms with E-state index in [-0.39, 0.29) is 28.2 Å². The van der Waals surface area contributed by atoms with Gasteiger partial charge in [0, 0.05) is 12.1 Å². The third-order valence-electron chi connectivity index (χ3n) is 15.1. The lowest BCUT2D eigenvalue weighted by Gasteiger charge is -2.62. The van der Waals surface area contributed by atoms with E-state index in [1.165, 1.54) is 68.1 Å². The van der Waals surface area contributed by atoms with Crippen LogP contribution in [-0.2, 0) is 4.79 Å². The number of fused-ring (bicyclic) bond motifs is 2. The monoisotopic (exact) mass is 654 g/mol. The number of hydrogen-bond donors (Lipinski definition) is 3. The van der Waals surface area contributed by atoms with Crippen LogP contribution in [0.15, 0.2) is 35.5 Å². The minimum Gasteiger partial charge on any atom is -0.481 e. The van der Waals surface area contributed by atoms with E-state index in [4.69, 9.17) is 0 Å². The van der Waals surface area contributed by atoms with Crippen LogP contribution in [0.3, 0.4) is 0 Å². The van der Waals surface area contributed by atoms with Crippen molar-refractivity contribution < 1.29 is 19.4 Å². The fraction of sp³-hybridized carbons (Fsp3) is 0.833. The number of hydrogen-bond acceptors (Lipinski definition) is 3. The Kier molecular flexibility index (Phi) is 9.95. The zero-order valence-corrected chi connectivity index (χ0v) is 31.4. The molecule has 9 atom stereocenters. The smallest absolute Gasteiger partial charge is 0.312 e. The first-order chi connectivity index (χ1) is 21.7. The van der Waals surface area contributed by atoms with Gasteiger partial charge in [-0.15, -0.1) is 0 Å². The molecule has 3 N–H and O–H groups in total. The summed E-state index contributed by atoms with van der Waals surface area (Å²) in [5, 5.41) is 24.5. The van der Waals surface area contributed by atoms with Crippen LogP contribution in [0.5, 0.6) is 0 Å². The van der Waals surface area contributed by atoms with Gasteiger partial charge in [0.05, 0.1) is 11.0 Å². The van der Waals surface area contributed by atoms with Gasteiger partial charge in [-0.3, -0.25) is 4.79 Å². The quantitative estimate of drug-likeness (QED) is 0.205. The molecule has 0 amide bonds. The van der Waals surface area contributed by atoms with Crippen LogP contribution in [0, 0.1) is 57.2 Å². The van der Waals surface area contributed by atoms with Gasteiger partial charge in [-0.05, 0) is 161 Å². The number of aliphatic hydroxyl groups is 1. The highest BCUT2D eigenvalue weighted by Crippen LogP contribution is 2.67. The molecule has 5 aliphatic carbocycles. The van der Waals surface area contributed by atoms with E-state index in [0.717, 1.165) is 6.42 Å². The third-order valence-corrected chi connectivity index (χ3v) is 15.1. The highest BCUT2D eigenvalue weighted by Gasteiger charge is 2.59. The molecule has 5 heteroatoms. The first-order valence-electron chi connectivity index (χ1n) is 19.1. The van der Waals surface area contributed by atoms with Gasteiger partial charge in [-0.2, -0.15) is 0 Å². The predicted molar refractivity (Wildman–Crippen MR) is 192 cm³/mol. The van der Waals surface area contributed by atoms with Crippen molar-refractivity contribution in [3.05, 3.63) is 35.5 Å². The number of nitrogens with one attached hydrogen (secondary N) is 1. The van der Waals surface area contributed by atoms with Crippen LogP contribution in [0.4, 0.5) is 4.39 Å². The molecule has 0 aliphatic heterocycles. The first kappa shape index (κ1) is 36.8. The molecule has 3 fully saturated rings. The number of β-amino-alcohol motifs (C(OH)–C–C–N with tert-alkyl or cyclic N) is 1. The lowest BCUT2D eigenvalue weighted by atomic mass is 9.42. The summed E-state index contributed by atoms with van der Waals surface area (Å²) in [6, 6.07) is 0. The number of carboxylic acids is 1. The first-order valence-corrected chi connectivity index (χ1v) is 19.1. The van der Waals surface area contributed by atoms with Gasteiger partial charge in [0.1, 0.15) is 6.67 Å². The minimum atomic E-state index is -1.25. The average molecular weight is 654 g/mol. The molecule has 5 rings (SSSR count). The molecule has 0 unspecified atom stereocenters. The van der Waals surface area contributed by atoms with Gasteiger partial charge >= 0.3 is 5.97 Å². The SMILES string of the molecule is C=C(C)[C@@H]1CC[C@]2(NCC(C)(C)O)CC[C@H](C)[C@H](CC[C@H]3C(C)(C)CC[C@H]4C(C)(C)C(C5=CC[C@](CF)(C(=O)O)CC5)=CC[C@]34C)[C@@H]12. The van der Waals surface area contributed by atoms with Gasteiger partial charge in [0.15, 0.2) is 0 Å². The lowest BCUT2D eigenvalue weighted by molar-refractivity contribution is -0.150. The van der Waals surface area contributed by atoms with Crippen LogP contribution < -0.4 is 5.32 Å². The van der Waals surface area contributed by atoms with E-state index >= 15 is 0 Å². The minimum absolute atomic E-state index is 0.0165. The highest BCUT2D eigenvalue weighted by molar-refractivity contribution is 5.75. The van der Waals surface area contributed by atoms with Crippen LogP contribution in [-0.4, -0.2) is 40.5 Å². The maximum atomic E-state index is 13.9. The molecule has 0 heterocycles. The number of halogens is 1. The second kappa shape index (κ2) is 12.7. The van der Waals surface area contributed by atoms with Crippen molar-refractivity contribution in [1.82, 2.24) is 5.32 Å². The topological polar surface area (TPSA) is 69.6 Å². The Labute approximate surface area is 286 Å². The highest BCUT2D eigenvalue weighted by atomic mass is 19.1. The average Bonchev–Trinajstić information content (AvgIpc) is 3.36. The van der Waals surface area contributed by atoms with E-state index in [1.54, 1.807) is 0 Å². The van der Waals surface area contributed by atoms with Gasteiger partial charge in [-0.25, -0.2) is 4.39 Å². The van der Waals surface area contributed by atoms with E-state index < -0.39 is 23.7 Å². The zero-order chi connectivity index (χ0) is 34.8. The molecule has 4 nitrogen and oxygen atoms in total. The molecule has 0 aromatic carbocycles. The number of carbonyl (C=O) groups is 1. The van der Waals surface area contributed by atoms with Crippen molar-refractivity contribution >= 4 is 5.97 Å². The number of rotatable bonds is 10. The van der Waals surface area contributed by atoms with Gasteiger partial charge in [0.2, 0.25) is 0 Å². The molecule has 0 aromatic rings. The molecular weight excluding hydrogens is 585 g/mol. The van der Waals surface area contributed by atoms with E-state index in [2.05, 4.69) is 72.5 Å². The summed E-state index contributed by atoms with van der Waals surface area (Å²) in [4.78, 5) is 11.9. The van der Waals surface area contributed by atoms with Gasteiger partial charge < -0.3 is 15.5 Å². The Morgan fingerprint density at radius 2 is 1.70 bits per heavy atom. The van der Waals surface area contributed by atoms with Crippen LogP contribution in [0.2, 0.25) is 0 Å². The van der Waals surface area contributed by atoms with Crippen molar-refractivity contribution in [2.45, 2.75) is 151 Å². The standard InChI is InChI=1S/C42H68FNO3/c1-27(2)30-16-24-42(44-26-38(6,7)47)23-13-28(3)31(35(30)42)11-12-33-37(4,5)19-18-34-39(8,9)32(17-20-40(33,34)10)29-14-21-41(25-43,22-15-29)36(45)46/h14,17,28,30-31,33-35,44,47H,1,11-13,15-16,18-26H2,2-10H3,(H,45,46)/t28-,30-,31-,33-,34-,35+,40+,41-,42+/m0/s1. The normalized spacial score (nSPS) is 41.3. The molecule has 0 spiro atoms. The molecule has 3 saturated carbocycles. The molecule has 0 bridgehead atoms. The summed E-state index contributed by atoms with van der Waals surface area (Å²) < 4.78 is 13.9. The molecule has 0 saturated heterocycles.